The summed E-state index contributed by atoms with van der Waals surface area (Å²) in [5, 5.41) is 0. The minimum atomic E-state index is -0.672. The number of carbonyl (C=O) groups is 3. The molecule has 1 rings (SSSR count). The molecule has 6 nitrogen and oxygen atoms in total. The van der Waals surface area contributed by atoms with Crippen molar-refractivity contribution in [1.29, 1.82) is 0 Å². The van der Waals surface area contributed by atoms with Gasteiger partial charge in [0.15, 0.2) is 0 Å². The quantitative estimate of drug-likeness (QED) is 0.0460. The van der Waals surface area contributed by atoms with Gasteiger partial charge in [0, 0.05) is 0 Å². The van der Waals surface area contributed by atoms with E-state index in [9.17, 15) is 14.4 Å². The third-order valence-corrected chi connectivity index (χ3v) is 8.94. The van der Waals surface area contributed by atoms with E-state index >= 15 is 0 Å². The largest absolute Gasteiger partial charge is 0.462 e. The van der Waals surface area contributed by atoms with E-state index in [4.69, 9.17) is 14.2 Å². The Labute approximate surface area is 294 Å². The maximum absolute atomic E-state index is 13.4. The molecule has 0 heterocycles. The summed E-state index contributed by atoms with van der Waals surface area (Å²) in [6.45, 7) is 14.4. The summed E-state index contributed by atoms with van der Waals surface area (Å²) in [7, 11) is 0. The predicted molar refractivity (Wildman–Crippen MR) is 199 cm³/mol. The van der Waals surface area contributed by atoms with Crippen molar-refractivity contribution in [3.8, 4) is 0 Å². The molecule has 0 fully saturated rings. The van der Waals surface area contributed by atoms with Crippen LogP contribution in [0.15, 0.2) is 18.2 Å². The van der Waals surface area contributed by atoms with Gasteiger partial charge in [0.05, 0.1) is 36.5 Å². The van der Waals surface area contributed by atoms with Gasteiger partial charge < -0.3 is 14.2 Å². The van der Waals surface area contributed by atoms with Gasteiger partial charge in [-0.15, -0.1) is 0 Å². The van der Waals surface area contributed by atoms with E-state index in [1.165, 1.54) is 77.0 Å². The number of hydrogen-bond acceptors (Lipinski definition) is 6. The number of unbranched alkanes of at least 4 members (excludes halogenated alkanes) is 15. The van der Waals surface area contributed by atoms with Crippen LogP contribution in [0.5, 0.6) is 0 Å². The van der Waals surface area contributed by atoms with Gasteiger partial charge >= 0.3 is 17.9 Å². The first-order chi connectivity index (χ1) is 23.1. The minimum absolute atomic E-state index is 0.0449. The van der Waals surface area contributed by atoms with Crippen molar-refractivity contribution in [3.63, 3.8) is 0 Å². The van der Waals surface area contributed by atoms with E-state index in [1.54, 1.807) is 18.2 Å². The van der Waals surface area contributed by atoms with E-state index in [0.717, 1.165) is 75.5 Å². The van der Waals surface area contributed by atoms with Crippen LogP contribution in [0.1, 0.15) is 207 Å². The molecule has 0 aliphatic heterocycles. The second kappa shape index (κ2) is 28.5. The predicted octanol–water partition coefficient (Wildman–Crippen LogP) is 12.3. The molecule has 0 N–H and O–H groups in total. The zero-order valence-corrected chi connectivity index (χ0v) is 31.9. The van der Waals surface area contributed by atoms with Gasteiger partial charge in [-0.05, 0) is 49.1 Å². The van der Waals surface area contributed by atoms with Gasteiger partial charge in [-0.25, -0.2) is 14.4 Å². The first kappa shape index (κ1) is 43.7. The van der Waals surface area contributed by atoms with Crippen molar-refractivity contribution in [2.75, 3.05) is 19.8 Å². The molecule has 0 atom stereocenters. The lowest BCUT2D eigenvalue weighted by molar-refractivity contribution is 0.0430. The molecule has 0 saturated heterocycles. The summed E-state index contributed by atoms with van der Waals surface area (Å²) in [4.78, 5) is 39.8. The zero-order chi connectivity index (χ0) is 35.4. The fraction of sp³-hybridized carbons (Fsp3) is 0.786. The van der Waals surface area contributed by atoms with E-state index < -0.39 is 17.9 Å². The lowest BCUT2D eigenvalue weighted by Crippen LogP contribution is -2.20. The monoisotopic (exact) mass is 673 g/mol. The Morgan fingerprint density at radius 2 is 0.688 bits per heavy atom. The number of rotatable bonds is 30. The maximum Gasteiger partial charge on any atom is 0.339 e. The summed E-state index contributed by atoms with van der Waals surface area (Å²) in [5.74, 6) is 0.366. The maximum atomic E-state index is 13.4. The highest BCUT2D eigenvalue weighted by molar-refractivity contribution is 6.10. The zero-order valence-electron chi connectivity index (χ0n) is 31.9. The number of benzene rings is 1. The van der Waals surface area contributed by atoms with Gasteiger partial charge in [-0.2, -0.15) is 0 Å². The van der Waals surface area contributed by atoms with Gasteiger partial charge in [0.2, 0.25) is 0 Å². The minimum Gasteiger partial charge on any atom is -0.462 e. The Balaban J connectivity index is 2.69. The van der Waals surface area contributed by atoms with Crippen LogP contribution in [0.4, 0.5) is 0 Å². The molecule has 0 unspecified atom stereocenters. The summed E-state index contributed by atoms with van der Waals surface area (Å²) in [6, 6.07) is 4.69. The van der Waals surface area contributed by atoms with Gasteiger partial charge in [-0.1, -0.05) is 163 Å². The van der Waals surface area contributed by atoms with Crippen molar-refractivity contribution in [2.24, 2.45) is 17.8 Å². The SMILES string of the molecule is CC(C)CCCCCCCCOC(=O)c1cccc(C(=O)OCCCCCCCCC(C)C)c1C(=O)OCCCCCCCCC(C)C. The summed E-state index contributed by atoms with van der Waals surface area (Å²) in [6.07, 6.45) is 23.5. The molecule has 0 bridgehead atoms. The van der Waals surface area contributed by atoms with Crippen LogP contribution in [0.25, 0.3) is 0 Å². The molecule has 48 heavy (non-hydrogen) atoms. The Bertz CT molecular complexity index is 926. The lowest BCUT2D eigenvalue weighted by atomic mass is 10.0. The third-order valence-electron chi connectivity index (χ3n) is 8.94. The Hall–Kier alpha value is -2.37. The van der Waals surface area contributed by atoms with Crippen LogP contribution < -0.4 is 0 Å². The molecule has 276 valence electrons. The second-order valence-corrected chi connectivity index (χ2v) is 15.0. The number of carbonyl (C=O) groups excluding carboxylic acids is 3. The summed E-state index contributed by atoms with van der Waals surface area (Å²) >= 11 is 0. The Morgan fingerprint density at radius 1 is 0.417 bits per heavy atom. The van der Waals surface area contributed by atoms with E-state index in [0.29, 0.717) is 0 Å². The topological polar surface area (TPSA) is 78.9 Å². The van der Waals surface area contributed by atoms with Crippen LogP contribution in [0, 0.1) is 17.8 Å². The molecule has 1 aromatic rings. The highest BCUT2D eigenvalue weighted by Gasteiger charge is 2.27. The Morgan fingerprint density at radius 3 is 1.00 bits per heavy atom. The number of esters is 3. The van der Waals surface area contributed by atoms with Crippen LogP contribution >= 0.6 is 0 Å². The molecule has 0 aromatic heterocycles. The van der Waals surface area contributed by atoms with Crippen LogP contribution in [-0.2, 0) is 14.2 Å². The lowest BCUT2D eigenvalue weighted by Gasteiger charge is -2.14. The second-order valence-electron chi connectivity index (χ2n) is 15.0. The van der Waals surface area contributed by atoms with Crippen molar-refractivity contribution < 1.29 is 28.6 Å². The summed E-state index contributed by atoms with van der Waals surface area (Å²) in [5.41, 5.74) is 0.0841. The molecule has 0 amide bonds. The first-order valence-electron chi connectivity index (χ1n) is 19.8. The molecular formula is C42H72O6. The molecule has 1 aromatic carbocycles. The normalized spacial score (nSPS) is 11.4. The number of ether oxygens (including phenoxy) is 3. The molecule has 0 saturated carbocycles. The molecule has 0 aliphatic carbocycles. The fourth-order valence-corrected chi connectivity index (χ4v) is 5.92. The molecule has 0 radical (unpaired) electrons. The molecule has 0 aliphatic rings. The molecular weight excluding hydrogens is 600 g/mol. The van der Waals surface area contributed by atoms with E-state index in [2.05, 4.69) is 41.5 Å². The van der Waals surface area contributed by atoms with Gasteiger partial charge in [-0.3, -0.25) is 0 Å². The smallest absolute Gasteiger partial charge is 0.339 e. The van der Waals surface area contributed by atoms with Crippen molar-refractivity contribution in [2.45, 2.75) is 176 Å². The average Bonchev–Trinajstić information content (AvgIpc) is 3.04. The Kier molecular flexibility index (Phi) is 25.9. The van der Waals surface area contributed by atoms with E-state index in [1.807, 2.05) is 0 Å². The van der Waals surface area contributed by atoms with Gasteiger partial charge in [0.25, 0.3) is 0 Å². The average molecular weight is 673 g/mol. The summed E-state index contributed by atoms with van der Waals surface area (Å²) < 4.78 is 16.8. The molecule has 6 heteroatoms. The van der Waals surface area contributed by atoms with Crippen LogP contribution in [-0.4, -0.2) is 37.7 Å². The molecule has 0 spiro atoms. The highest BCUT2D eigenvalue weighted by atomic mass is 16.5. The fourth-order valence-electron chi connectivity index (χ4n) is 5.92. The van der Waals surface area contributed by atoms with Crippen molar-refractivity contribution >= 4 is 17.9 Å². The third kappa shape index (κ3) is 22.3. The van der Waals surface area contributed by atoms with Gasteiger partial charge in [0.1, 0.15) is 0 Å². The number of hydrogen-bond donors (Lipinski definition) is 0. The van der Waals surface area contributed by atoms with E-state index in [-0.39, 0.29) is 36.5 Å². The standard InChI is InChI=1S/C42H72O6/c1-34(2)26-19-13-7-10-16-22-31-46-40(43)37-29-25-30-38(41(44)47-32-23-17-11-8-14-20-27-35(3)4)39(37)42(45)48-33-24-18-12-9-15-21-28-36(5)6/h25,29-30,34-36H,7-24,26-28,31-33H2,1-6H3. The van der Waals surface area contributed by atoms with Crippen molar-refractivity contribution in [1.82, 2.24) is 0 Å². The van der Waals surface area contributed by atoms with Crippen LogP contribution in [0.3, 0.4) is 0 Å². The highest BCUT2D eigenvalue weighted by Crippen LogP contribution is 2.21. The van der Waals surface area contributed by atoms with Crippen LogP contribution in [0.2, 0.25) is 0 Å². The first-order valence-corrected chi connectivity index (χ1v) is 19.8. The van der Waals surface area contributed by atoms with Crippen molar-refractivity contribution in [3.05, 3.63) is 34.9 Å².